The topological polar surface area (TPSA) is 70.2 Å². The predicted octanol–water partition coefficient (Wildman–Crippen LogP) is 0.412. The minimum Gasteiger partial charge on any atom is -0.353 e. The maximum Gasteiger partial charge on any atom is 0.237 e. The Hall–Kier alpha value is -1.88. The van der Waals surface area contributed by atoms with E-state index in [1.807, 2.05) is 31.2 Å². The third-order valence-corrected chi connectivity index (χ3v) is 2.86. The molecule has 1 aliphatic heterocycles. The van der Waals surface area contributed by atoms with Gasteiger partial charge in [0.1, 0.15) is 0 Å². The van der Waals surface area contributed by atoms with Gasteiger partial charge in [0.05, 0.1) is 12.5 Å². The maximum absolute atomic E-state index is 11.8. The summed E-state index contributed by atoms with van der Waals surface area (Å²) in [5, 5.41) is 8.53. The fourth-order valence-corrected chi connectivity index (χ4v) is 1.85. The lowest BCUT2D eigenvalue weighted by atomic mass is 10.1. The molecule has 1 saturated heterocycles. The summed E-state index contributed by atoms with van der Waals surface area (Å²) in [6, 6.07) is 7.13. The fraction of sp³-hybridized carbons (Fsp3) is 0.385. The van der Waals surface area contributed by atoms with Crippen LogP contribution in [0.2, 0.25) is 0 Å². The molecular weight excluding hydrogens is 230 g/mol. The minimum atomic E-state index is -0.427. The van der Waals surface area contributed by atoms with Crippen LogP contribution in [-0.2, 0) is 9.59 Å². The molecule has 18 heavy (non-hydrogen) atoms. The molecule has 5 nitrogen and oxygen atoms in total. The van der Waals surface area contributed by atoms with Gasteiger partial charge < -0.3 is 16.0 Å². The van der Waals surface area contributed by atoms with Gasteiger partial charge in [-0.25, -0.2) is 0 Å². The molecule has 1 heterocycles. The van der Waals surface area contributed by atoms with Crippen molar-refractivity contribution in [2.75, 3.05) is 18.4 Å². The van der Waals surface area contributed by atoms with Crippen molar-refractivity contribution in [2.45, 2.75) is 19.4 Å². The summed E-state index contributed by atoms with van der Waals surface area (Å²) in [4.78, 5) is 23.3. The lowest BCUT2D eigenvalue weighted by molar-refractivity contribution is -0.127. The van der Waals surface area contributed by atoms with Crippen LogP contribution in [-0.4, -0.2) is 30.9 Å². The number of piperazine rings is 1. The van der Waals surface area contributed by atoms with Crippen LogP contribution in [0.25, 0.3) is 0 Å². The highest BCUT2D eigenvalue weighted by molar-refractivity contribution is 5.95. The van der Waals surface area contributed by atoms with Gasteiger partial charge in [-0.2, -0.15) is 0 Å². The summed E-state index contributed by atoms with van der Waals surface area (Å²) < 4.78 is 0. The molecule has 1 aromatic carbocycles. The number of carbonyl (C=O) groups is 2. The zero-order valence-electron chi connectivity index (χ0n) is 10.3. The Morgan fingerprint density at radius 3 is 2.72 bits per heavy atom. The molecule has 0 aliphatic carbocycles. The third kappa shape index (κ3) is 3.30. The monoisotopic (exact) mass is 247 g/mol. The van der Waals surface area contributed by atoms with E-state index in [0.717, 1.165) is 11.3 Å². The second-order valence-corrected chi connectivity index (χ2v) is 4.42. The molecule has 0 unspecified atom stereocenters. The Kier molecular flexibility index (Phi) is 3.94. The summed E-state index contributed by atoms with van der Waals surface area (Å²) in [6.45, 7) is 3.31. The number of amides is 2. The molecule has 0 aromatic heterocycles. The number of hydrogen-bond donors (Lipinski definition) is 3. The van der Waals surface area contributed by atoms with Gasteiger partial charge in [0, 0.05) is 18.8 Å². The smallest absolute Gasteiger partial charge is 0.237 e. The Morgan fingerprint density at radius 2 is 2.06 bits per heavy atom. The van der Waals surface area contributed by atoms with E-state index in [0.29, 0.717) is 13.1 Å². The first-order chi connectivity index (χ1) is 8.65. The molecule has 1 aliphatic rings. The van der Waals surface area contributed by atoms with Crippen molar-refractivity contribution in [3.05, 3.63) is 29.8 Å². The van der Waals surface area contributed by atoms with Gasteiger partial charge in [0.2, 0.25) is 11.8 Å². The lowest BCUT2D eigenvalue weighted by Gasteiger charge is -2.22. The number of anilines is 1. The van der Waals surface area contributed by atoms with E-state index in [9.17, 15) is 9.59 Å². The van der Waals surface area contributed by atoms with Crippen LogP contribution in [0, 0.1) is 6.92 Å². The Bertz CT molecular complexity index is 442. The number of carbonyl (C=O) groups excluding carboxylic acids is 2. The molecule has 2 amide bonds. The number of nitrogens with one attached hydrogen (secondary N) is 3. The van der Waals surface area contributed by atoms with Gasteiger partial charge >= 0.3 is 0 Å². The molecule has 5 heteroatoms. The summed E-state index contributed by atoms with van der Waals surface area (Å²) in [5.41, 5.74) is 1.89. The van der Waals surface area contributed by atoms with Crippen molar-refractivity contribution in [1.82, 2.24) is 10.6 Å². The average molecular weight is 247 g/mol. The van der Waals surface area contributed by atoms with Gasteiger partial charge in [0.25, 0.3) is 0 Å². The SMILES string of the molecule is Cc1ccc(NC(=O)C[C@@H]2NCCNC2=O)cc1. The average Bonchev–Trinajstić information content (AvgIpc) is 2.35. The van der Waals surface area contributed by atoms with Gasteiger partial charge in [-0.3, -0.25) is 9.59 Å². The Balaban J connectivity index is 1.88. The molecule has 96 valence electrons. The second-order valence-electron chi connectivity index (χ2n) is 4.42. The first-order valence-corrected chi connectivity index (χ1v) is 6.03. The molecule has 1 aromatic rings. The first-order valence-electron chi connectivity index (χ1n) is 6.03. The van der Waals surface area contributed by atoms with Crippen LogP contribution < -0.4 is 16.0 Å². The van der Waals surface area contributed by atoms with Gasteiger partial charge in [0.15, 0.2) is 0 Å². The van der Waals surface area contributed by atoms with Crippen molar-refractivity contribution < 1.29 is 9.59 Å². The highest BCUT2D eigenvalue weighted by Crippen LogP contribution is 2.09. The predicted molar refractivity (Wildman–Crippen MR) is 69.2 cm³/mol. The largest absolute Gasteiger partial charge is 0.353 e. The number of hydrogen-bond acceptors (Lipinski definition) is 3. The van der Waals surface area contributed by atoms with Gasteiger partial charge in [-0.1, -0.05) is 17.7 Å². The molecular formula is C13H17N3O2. The zero-order valence-corrected chi connectivity index (χ0v) is 10.3. The second kappa shape index (κ2) is 5.64. The minimum absolute atomic E-state index is 0.111. The van der Waals surface area contributed by atoms with Crippen molar-refractivity contribution >= 4 is 17.5 Å². The quantitative estimate of drug-likeness (QED) is 0.724. The highest BCUT2D eigenvalue weighted by atomic mass is 16.2. The molecule has 1 atom stereocenters. The summed E-state index contributed by atoms with van der Waals surface area (Å²) in [7, 11) is 0. The normalized spacial score (nSPS) is 19.2. The van der Waals surface area contributed by atoms with E-state index in [2.05, 4.69) is 16.0 Å². The van der Waals surface area contributed by atoms with E-state index >= 15 is 0 Å². The van der Waals surface area contributed by atoms with E-state index < -0.39 is 6.04 Å². The standard InChI is InChI=1S/C13H17N3O2/c1-9-2-4-10(5-3-9)16-12(17)8-11-13(18)15-7-6-14-11/h2-5,11,14H,6-8H2,1H3,(H,15,18)(H,16,17)/t11-/m0/s1. The molecule has 0 spiro atoms. The van der Waals surface area contributed by atoms with Crippen LogP contribution in [0.4, 0.5) is 5.69 Å². The van der Waals surface area contributed by atoms with Crippen LogP contribution in [0.3, 0.4) is 0 Å². The van der Waals surface area contributed by atoms with Gasteiger partial charge in [-0.15, -0.1) is 0 Å². The molecule has 0 bridgehead atoms. The maximum atomic E-state index is 11.8. The number of rotatable bonds is 3. The first kappa shape index (κ1) is 12.6. The van der Waals surface area contributed by atoms with E-state index in [1.165, 1.54) is 0 Å². The molecule has 0 saturated carbocycles. The number of aryl methyl sites for hydroxylation is 1. The highest BCUT2D eigenvalue weighted by Gasteiger charge is 2.23. The zero-order chi connectivity index (χ0) is 13.0. The van der Waals surface area contributed by atoms with E-state index in [1.54, 1.807) is 0 Å². The Morgan fingerprint density at radius 1 is 1.33 bits per heavy atom. The molecule has 0 radical (unpaired) electrons. The number of benzene rings is 1. The molecule has 3 N–H and O–H groups in total. The van der Waals surface area contributed by atoms with Crippen molar-refractivity contribution in [3.63, 3.8) is 0 Å². The van der Waals surface area contributed by atoms with Crippen molar-refractivity contribution in [1.29, 1.82) is 0 Å². The summed E-state index contributed by atoms with van der Waals surface area (Å²) in [5.74, 6) is -0.270. The lowest BCUT2D eigenvalue weighted by Crippen LogP contribution is -2.53. The van der Waals surface area contributed by atoms with Crippen LogP contribution >= 0.6 is 0 Å². The third-order valence-electron chi connectivity index (χ3n) is 2.86. The van der Waals surface area contributed by atoms with Crippen LogP contribution in [0.5, 0.6) is 0 Å². The summed E-state index contributed by atoms with van der Waals surface area (Å²) >= 11 is 0. The van der Waals surface area contributed by atoms with E-state index in [4.69, 9.17) is 0 Å². The van der Waals surface area contributed by atoms with Crippen LogP contribution in [0.1, 0.15) is 12.0 Å². The fourth-order valence-electron chi connectivity index (χ4n) is 1.85. The van der Waals surface area contributed by atoms with E-state index in [-0.39, 0.29) is 18.2 Å². The van der Waals surface area contributed by atoms with Crippen molar-refractivity contribution in [3.8, 4) is 0 Å². The van der Waals surface area contributed by atoms with Gasteiger partial charge in [-0.05, 0) is 19.1 Å². The summed E-state index contributed by atoms with van der Waals surface area (Å²) in [6.07, 6.45) is 0.152. The Labute approximate surface area is 106 Å². The van der Waals surface area contributed by atoms with Crippen molar-refractivity contribution in [2.24, 2.45) is 0 Å². The molecule has 1 fully saturated rings. The molecule has 2 rings (SSSR count). The van der Waals surface area contributed by atoms with Crippen LogP contribution in [0.15, 0.2) is 24.3 Å².